The first kappa shape index (κ1) is 14.4. The molecule has 0 aliphatic carbocycles. The zero-order chi connectivity index (χ0) is 16.6. The molecule has 0 spiro atoms. The highest BCUT2D eigenvalue weighted by atomic mass is 32.1. The summed E-state index contributed by atoms with van der Waals surface area (Å²) < 4.78 is 2.70. The van der Waals surface area contributed by atoms with Gasteiger partial charge in [0.15, 0.2) is 0 Å². The van der Waals surface area contributed by atoms with Crippen LogP contribution in [0.1, 0.15) is 0 Å². The molecule has 5 rings (SSSR count). The summed E-state index contributed by atoms with van der Waals surface area (Å²) >= 11 is 1.87. The highest BCUT2D eigenvalue weighted by Gasteiger charge is 2.08. The zero-order valence-electron chi connectivity index (χ0n) is 13.6. The van der Waals surface area contributed by atoms with Gasteiger partial charge in [0.1, 0.15) is 0 Å². The van der Waals surface area contributed by atoms with Crippen molar-refractivity contribution in [3.8, 4) is 22.3 Å². The van der Waals surface area contributed by atoms with Crippen LogP contribution in [-0.4, -0.2) is 0 Å². The van der Waals surface area contributed by atoms with Gasteiger partial charge >= 0.3 is 0 Å². The third-order valence-electron chi connectivity index (χ3n) is 4.69. The van der Waals surface area contributed by atoms with Crippen molar-refractivity contribution in [3.63, 3.8) is 0 Å². The van der Waals surface area contributed by atoms with E-state index in [2.05, 4.69) is 97.1 Å². The van der Waals surface area contributed by atoms with E-state index >= 15 is 0 Å². The summed E-state index contributed by atoms with van der Waals surface area (Å²) in [5, 5.41) is 2.69. The normalized spacial score (nSPS) is 11.2. The van der Waals surface area contributed by atoms with E-state index in [-0.39, 0.29) is 0 Å². The Bertz CT molecular complexity index is 1170. The minimum atomic E-state index is 1.27. The van der Waals surface area contributed by atoms with Crippen LogP contribution in [0.25, 0.3) is 42.4 Å². The SMILES string of the molecule is c1ccc(-c2ccc3c(c2)sc2ccc(-c4ccccc4)cc23)cc1. The van der Waals surface area contributed by atoms with Crippen molar-refractivity contribution in [2.75, 3.05) is 0 Å². The van der Waals surface area contributed by atoms with E-state index in [9.17, 15) is 0 Å². The lowest BCUT2D eigenvalue weighted by Gasteiger charge is -2.03. The van der Waals surface area contributed by atoms with Gasteiger partial charge in [0.2, 0.25) is 0 Å². The summed E-state index contributed by atoms with van der Waals surface area (Å²) in [5.74, 6) is 0. The summed E-state index contributed by atoms with van der Waals surface area (Å²) in [6, 6.07) is 34.8. The number of rotatable bonds is 2. The van der Waals surface area contributed by atoms with E-state index < -0.39 is 0 Å². The minimum absolute atomic E-state index is 1.27. The first-order chi connectivity index (χ1) is 12.4. The molecule has 0 unspecified atom stereocenters. The lowest BCUT2D eigenvalue weighted by Crippen LogP contribution is -1.77. The largest absolute Gasteiger partial charge is 0.135 e. The average Bonchev–Trinajstić information content (AvgIpc) is 3.06. The Hall–Kier alpha value is -2.90. The molecular weight excluding hydrogens is 320 g/mol. The van der Waals surface area contributed by atoms with E-state index in [1.807, 2.05) is 11.3 Å². The predicted octanol–water partition coefficient (Wildman–Crippen LogP) is 7.39. The summed E-state index contributed by atoms with van der Waals surface area (Å²) in [4.78, 5) is 0. The molecule has 0 amide bonds. The maximum atomic E-state index is 2.33. The summed E-state index contributed by atoms with van der Waals surface area (Å²) in [7, 11) is 0. The molecule has 4 aromatic carbocycles. The third kappa shape index (κ3) is 2.54. The maximum absolute atomic E-state index is 2.33. The molecule has 25 heavy (non-hydrogen) atoms. The Morgan fingerprint density at radius 2 is 1.00 bits per heavy atom. The molecule has 1 heterocycles. The van der Waals surface area contributed by atoms with Crippen LogP contribution in [0.5, 0.6) is 0 Å². The van der Waals surface area contributed by atoms with Crippen LogP contribution in [0.3, 0.4) is 0 Å². The molecule has 5 aromatic rings. The van der Waals surface area contributed by atoms with Gasteiger partial charge in [0, 0.05) is 20.2 Å². The third-order valence-corrected chi connectivity index (χ3v) is 5.82. The van der Waals surface area contributed by atoms with Crippen molar-refractivity contribution in [3.05, 3.63) is 97.1 Å². The highest BCUT2D eigenvalue weighted by molar-refractivity contribution is 7.25. The van der Waals surface area contributed by atoms with Gasteiger partial charge in [-0.15, -0.1) is 11.3 Å². The van der Waals surface area contributed by atoms with E-state index in [1.54, 1.807) is 0 Å². The Kier molecular flexibility index (Phi) is 3.39. The summed E-state index contributed by atoms with van der Waals surface area (Å²) in [5.41, 5.74) is 5.10. The fraction of sp³-hybridized carbons (Fsp3) is 0. The molecule has 0 saturated carbocycles. The maximum Gasteiger partial charge on any atom is 0.0361 e. The molecule has 0 aliphatic heterocycles. The van der Waals surface area contributed by atoms with Crippen LogP contribution in [0.4, 0.5) is 0 Å². The second-order valence-electron chi connectivity index (χ2n) is 6.26. The van der Waals surface area contributed by atoms with Gasteiger partial charge in [-0.05, 0) is 40.5 Å². The number of hydrogen-bond donors (Lipinski definition) is 0. The smallest absolute Gasteiger partial charge is 0.0361 e. The molecule has 0 bridgehead atoms. The van der Waals surface area contributed by atoms with Crippen LogP contribution in [0, 0.1) is 0 Å². The number of thiophene rings is 1. The van der Waals surface area contributed by atoms with Gasteiger partial charge in [-0.1, -0.05) is 78.9 Å². The van der Waals surface area contributed by atoms with E-state index in [0.717, 1.165) is 0 Å². The van der Waals surface area contributed by atoms with Crippen molar-refractivity contribution in [1.82, 2.24) is 0 Å². The Morgan fingerprint density at radius 1 is 0.400 bits per heavy atom. The fourth-order valence-electron chi connectivity index (χ4n) is 3.40. The lowest BCUT2D eigenvalue weighted by molar-refractivity contribution is 1.65. The van der Waals surface area contributed by atoms with Gasteiger partial charge in [0.25, 0.3) is 0 Å². The monoisotopic (exact) mass is 336 g/mol. The van der Waals surface area contributed by atoms with E-state index in [1.165, 1.54) is 42.4 Å². The van der Waals surface area contributed by atoms with Crippen LogP contribution < -0.4 is 0 Å². The van der Waals surface area contributed by atoms with E-state index in [4.69, 9.17) is 0 Å². The molecular formula is C24H16S. The highest BCUT2D eigenvalue weighted by Crippen LogP contribution is 2.38. The number of benzene rings is 4. The van der Waals surface area contributed by atoms with Crippen molar-refractivity contribution in [2.24, 2.45) is 0 Å². The van der Waals surface area contributed by atoms with Crippen molar-refractivity contribution >= 4 is 31.5 Å². The topological polar surface area (TPSA) is 0 Å². The van der Waals surface area contributed by atoms with Crippen LogP contribution in [0.15, 0.2) is 97.1 Å². The molecule has 1 aromatic heterocycles. The molecule has 0 atom stereocenters. The number of hydrogen-bond acceptors (Lipinski definition) is 1. The van der Waals surface area contributed by atoms with Gasteiger partial charge in [-0.2, -0.15) is 0 Å². The molecule has 0 saturated heterocycles. The zero-order valence-corrected chi connectivity index (χ0v) is 14.5. The number of fused-ring (bicyclic) bond motifs is 3. The van der Waals surface area contributed by atoms with Gasteiger partial charge < -0.3 is 0 Å². The Morgan fingerprint density at radius 3 is 1.68 bits per heavy atom. The molecule has 0 radical (unpaired) electrons. The van der Waals surface area contributed by atoms with Crippen molar-refractivity contribution in [1.29, 1.82) is 0 Å². The summed E-state index contributed by atoms with van der Waals surface area (Å²) in [6.07, 6.45) is 0. The van der Waals surface area contributed by atoms with Crippen LogP contribution >= 0.6 is 11.3 Å². The molecule has 0 aliphatic rings. The fourth-order valence-corrected chi connectivity index (χ4v) is 4.52. The molecule has 0 N–H and O–H groups in total. The van der Waals surface area contributed by atoms with Crippen molar-refractivity contribution in [2.45, 2.75) is 0 Å². The first-order valence-corrected chi connectivity index (χ1v) is 9.27. The molecule has 118 valence electrons. The Labute approximate surface area is 151 Å². The second kappa shape index (κ2) is 5.87. The van der Waals surface area contributed by atoms with E-state index in [0.29, 0.717) is 0 Å². The quantitative estimate of drug-likeness (QED) is 0.315. The Balaban J connectivity index is 1.69. The standard InChI is InChI=1S/C24H16S/c1-3-7-17(8-4-1)19-12-14-23-22(15-19)21-13-11-20(16-24(21)25-23)18-9-5-2-6-10-18/h1-16H. The van der Waals surface area contributed by atoms with Gasteiger partial charge in [0.05, 0.1) is 0 Å². The van der Waals surface area contributed by atoms with Crippen LogP contribution in [-0.2, 0) is 0 Å². The minimum Gasteiger partial charge on any atom is -0.135 e. The lowest BCUT2D eigenvalue weighted by atomic mass is 10.0. The molecule has 1 heteroatoms. The van der Waals surface area contributed by atoms with Crippen molar-refractivity contribution < 1.29 is 0 Å². The predicted molar refractivity (Wildman–Crippen MR) is 110 cm³/mol. The average molecular weight is 336 g/mol. The first-order valence-electron chi connectivity index (χ1n) is 8.46. The van der Waals surface area contributed by atoms with Crippen LogP contribution in [0.2, 0.25) is 0 Å². The van der Waals surface area contributed by atoms with Gasteiger partial charge in [-0.3, -0.25) is 0 Å². The molecule has 0 nitrogen and oxygen atoms in total. The van der Waals surface area contributed by atoms with Gasteiger partial charge in [-0.25, -0.2) is 0 Å². The summed E-state index contributed by atoms with van der Waals surface area (Å²) in [6.45, 7) is 0. The second-order valence-corrected chi connectivity index (χ2v) is 7.34. The molecule has 0 fully saturated rings.